The number of benzene rings is 1. The van der Waals surface area contributed by atoms with Gasteiger partial charge < -0.3 is 14.7 Å². The van der Waals surface area contributed by atoms with Crippen molar-refractivity contribution in [3.8, 4) is 11.5 Å². The Bertz CT molecular complexity index is 1280. The monoisotopic (exact) mass is 446 g/mol. The summed E-state index contributed by atoms with van der Waals surface area (Å²) in [6.45, 7) is 5.26. The molecule has 1 aliphatic rings. The molecule has 170 valence electrons. The number of piperidine rings is 1. The Labute approximate surface area is 190 Å². The van der Waals surface area contributed by atoms with Gasteiger partial charge in [0.05, 0.1) is 23.3 Å². The van der Waals surface area contributed by atoms with Gasteiger partial charge in [0.25, 0.3) is 5.89 Å². The van der Waals surface area contributed by atoms with Crippen LogP contribution in [0.5, 0.6) is 0 Å². The molecule has 10 heteroatoms. The predicted molar refractivity (Wildman–Crippen MR) is 124 cm³/mol. The summed E-state index contributed by atoms with van der Waals surface area (Å²) < 4.78 is 5.50. The number of carbonyl (C=O) groups is 1. The number of aryl methyl sites for hydroxylation is 2. The molecule has 1 fully saturated rings. The number of para-hydroxylation sites is 1. The number of amides is 1. The minimum atomic E-state index is -0.182. The van der Waals surface area contributed by atoms with Gasteiger partial charge in [-0.05, 0) is 32.3 Å². The summed E-state index contributed by atoms with van der Waals surface area (Å²) in [4.78, 5) is 28.8. The molecule has 0 aliphatic carbocycles. The minimum absolute atomic E-state index is 0.0165. The average molecular weight is 447 g/mol. The van der Waals surface area contributed by atoms with E-state index in [2.05, 4.69) is 47.4 Å². The Balaban J connectivity index is 1.38. The van der Waals surface area contributed by atoms with E-state index in [0.29, 0.717) is 29.6 Å². The zero-order chi connectivity index (χ0) is 22.8. The maximum atomic E-state index is 13.2. The summed E-state index contributed by atoms with van der Waals surface area (Å²) in [6.07, 6.45) is 6.84. The molecule has 1 aromatic carbocycles. The first-order valence-corrected chi connectivity index (χ1v) is 11.3. The first-order valence-electron chi connectivity index (χ1n) is 11.3. The second-order valence-corrected chi connectivity index (χ2v) is 8.33. The number of anilines is 2. The van der Waals surface area contributed by atoms with Crippen molar-refractivity contribution in [2.45, 2.75) is 39.5 Å². The second kappa shape index (κ2) is 8.97. The van der Waals surface area contributed by atoms with Crippen LogP contribution in [0.25, 0.3) is 22.4 Å². The number of hydrogen-bond donors (Lipinski definition) is 2. The Hall–Kier alpha value is -3.82. The molecule has 1 aliphatic heterocycles. The standard InChI is InChI=1S/C23H26N8O2/c1-3-6-19-28-23(33-30-19)17-12-24-14(2)26-21(17)31-10-5-8-16(13-31)22(32)27-18-9-4-7-15-11-25-29-20(15)18/h4,7,9,11-12,16H,3,5-6,8,10,13H2,1-2H3,(H,25,29)(H,27,32). The third kappa shape index (κ3) is 4.28. The number of rotatable bonds is 6. The highest BCUT2D eigenvalue weighted by Crippen LogP contribution is 2.31. The maximum Gasteiger partial charge on any atom is 0.263 e. The third-order valence-electron chi connectivity index (χ3n) is 5.89. The SMILES string of the molecule is CCCc1noc(-c2cnc(C)nc2N2CCCC(C(=O)Nc3cccc4cn[nH]c34)C2)n1. The lowest BCUT2D eigenvalue weighted by Crippen LogP contribution is -2.41. The molecule has 1 atom stereocenters. The van der Waals surface area contributed by atoms with Gasteiger partial charge in [0.1, 0.15) is 17.2 Å². The van der Waals surface area contributed by atoms with E-state index < -0.39 is 0 Å². The van der Waals surface area contributed by atoms with Gasteiger partial charge in [0, 0.05) is 31.1 Å². The van der Waals surface area contributed by atoms with Gasteiger partial charge in [-0.1, -0.05) is 24.2 Å². The Morgan fingerprint density at radius 2 is 2.21 bits per heavy atom. The number of fused-ring (bicyclic) bond motifs is 1. The summed E-state index contributed by atoms with van der Waals surface area (Å²) >= 11 is 0. The van der Waals surface area contributed by atoms with Crippen molar-refractivity contribution in [1.82, 2.24) is 30.3 Å². The quantitative estimate of drug-likeness (QED) is 0.461. The summed E-state index contributed by atoms with van der Waals surface area (Å²) in [7, 11) is 0. The molecule has 1 saturated heterocycles. The number of carbonyl (C=O) groups excluding carboxylic acids is 1. The molecular weight excluding hydrogens is 420 g/mol. The van der Waals surface area contributed by atoms with Crippen LogP contribution in [0.4, 0.5) is 11.5 Å². The van der Waals surface area contributed by atoms with Crippen molar-refractivity contribution in [1.29, 1.82) is 0 Å². The first-order chi connectivity index (χ1) is 16.1. The van der Waals surface area contributed by atoms with Gasteiger partial charge in [-0.15, -0.1) is 0 Å². The number of aromatic amines is 1. The van der Waals surface area contributed by atoms with E-state index in [1.54, 1.807) is 12.4 Å². The minimum Gasteiger partial charge on any atom is -0.355 e. The molecule has 3 aromatic heterocycles. The molecule has 1 unspecified atom stereocenters. The van der Waals surface area contributed by atoms with Crippen LogP contribution in [0.15, 0.2) is 35.1 Å². The fourth-order valence-electron chi connectivity index (χ4n) is 4.23. The summed E-state index contributed by atoms with van der Waals surface area (Å²) in [5, 5.41) is 15.1. The van der Waals surface area contributed by atoms with Gasteiger partial charge in [0.15, 0.2) is 5.82 Å². The molecule has 0 spiro atoms. The predicted octanol–water partition coefficient (Wildman–Crippen LogP) is 3.52. The molecule has 10 nitrogen and oxygen atoms in total. The fourth-order valence-corrected chi connectivity index (χ4v) is 4.23. The topological polar surface area (TPSA) is 126 Å². The van der Waals surface area contributed by atoms with Gasteiger partial charge in [0.2, 0.25) is 5.91 Å². The van der Waals surface area contributed by atoms with Crippen LogP contribution in [-0.4, -0.2) is 49.3 Å². The van der Waals surface area contributed by atoms with Crippen molar-refractivity contribution in [2.24, 2.45) is 5.92 Å². The van der Waals surface area contributed by atoms with Gasteiger partial charge in [-0.25, -0.2) is 9.97 Å². The molecule has 4 heterocycles. The number of nitrogens with one attached hydrogen (secondary N) is 2. The largest absolute Gasteiger partial charge is 0.355 e. The molecule has 33 heavy (non-hydrogen) atoms. The van der Waals surface area contributed by atoms with Crippen molar-refractivity contribution in [3.63, 3.8) is 0 Å². The van der Waals surface area contributed by atoms with Crippen LogP contribution < -0.4 is 10.2 Å². The highest BCUT2D eigenvalue weighted by atomic mass is 16.5. The van der Waals surface area contributed by atoms with Crippen LogP contribution in [0.1, 0.15) is 37.8 Å². The Morgan fingerprint density at radius 1 is 1.30 bits per heavy atom. The zero-order valence-electron chi connectivity index (χ0n) is 18.7. The van der Waals surface area contributed by atoms with Crippen molar-refractivity contribution in [3.05, 3.63) is 42.2 Å². The van der Waals surface area contributed by atoms with Gasteiger partial charge >= 0.3 is 0 Å². The number of hydrogen-bond acceptors (Lipinski definition) is 8. The summed E-state index contributed by atoms with van der Waals surface area (Å²) in [5.41, 5.74) is 2.25. The Morgan fingerprint density at radius 3 is 3.09 bits per heavy atom. The first kappa shape index (κ1) is 21.0. The second-order valence-electron chi connectivity index (χ2n) is 8.33. The molecule has 1 amide bonds. The summed E-state index contributed by atoms with van der Waals surface area (Å²) in [6, 6.07) is 5.75. The van der Waals surface area contributed by atoms with E-state index in [9.17, 15) is 4.79 Å². The fraction of sp³-hybridized carbons (Fsp3) is 0.391. The number of H-pyrrole nitrogens is 1. The normalized spacial score (nSPS) is 16.3. The molecule has 5 rings (SSSR count). The van der Waals surface area contributed by atoms with Crippen molar-refractivity contribution < 1.29 is 9.32 Å². The van der Waals surface area contributed by atoms with Crippen LogP contribution >= 0.6 is 0 Å². The lowest BCUT2D eigenvalue weighted by atomic mass is 9.96. The molecule has 4 aromatic rings. The summed E-state index contributed by atoms with van der Waals surface area (Å²) in [5.74, 6) is 2.26. The van der Waals surface area contributed by atoms with Crippen molar-refractivity contribution >= 4 is 28.3 Å². The lowest BCUT2D eigenvalue weighted by molar-refractivity contribution is -0.120. The van der Waals surface area contributed by atoms with E-state index in [1.165, 1.54) is 0 Å². The highest BCUT2D eigenvalue weighted by Gasteiger charge is 2.29. The average Bonchev–Trinajstić information content (AvgIpc) is 3.50. The van der Waals surface area contributed by atoms with E-state index in [1.807, 2.05) is 25.1 Å². The lowest BCUT2D eigenvalue weighted by Gasteiger charge is -2.33. The van der Waals surface area contributed by atoms with E-state index >= 15 is 0 Å². The molecular formula is C23H26N8O2. The number of aromatic nitrogens is 6. The molecule has 0 radical (unpaired) electrons. The maximum absolute atomic E-state index is 13.2. The van der Waals surface area contributed by atoms with Gasteiger partial charge in [-0.3, -0.25) is 9.89 Å². The van der Waals surface area contributed by atoms with Crippen LogP contribution in [-0.2, 0) is 11.2 Å². The van der Waals surface area contributed by atoms with E-state index in [0.717, 1.165) is 54.6 Å². The van der Waals surface area contributed by atoms with Crippen LogP contribution in [0.2, 0.25) is 0 Å². The van der Waals surface area contributed by atoms with E-state index in [-0.39, 0.29) is 11.8 Å². The molecule has 2 N–H and O–H groups in total. The molecule has 0 bridgehead atoms. The van der Waals surface area contributed by atoms with Crippen LogP contribution in [0.3, 0.4) is 0 Å². The van der Waals surface area contributed by atoms with Crippen LogP contribution in [0, 0.1) is 12.8 Å². The molecule has 0 saturated carbocycles. The van der Waals surface area contributed by atoms with E-state index in [4.69, 9.17) is 4.52 Å². The number of nitrogens with zero attached hydrogens (tertiary/aromatic N) is 6. The third-order valence-corrected chi connectivity index (χ3v) is 5.89. The Kier molecular flexibility index (Phi) is 5.72. The highest BCUT2D eigenvalue weighted by molar-refractivity contribution is 6.01. The van der Waals surface area contributed by atoms with Crippen molar-refractivity contribution in [2.75, 3.05) is 23.3 Å². The van der Waals surface area contributed by atoms with Gasteiger partial charge in [-0.2, -0.15) is 10.1 Å². The zero-order valence-corrected chi connectivity index (χ0v) is 18.7. The smallest absolute Gasteiger partial charge is 0.263 e.